The van der Waals surface area contributed by atoms with Gasteiger partial charge in [0, 0.05) is 11.8 Å². The minimum atomic E-state index is -1.10. The van der Waals surface area contributed by atoms with E-state index in [0.29, 0.717) is 16.0 Å². The number of halogens is 1. The van der Waals surface area contributed by atoms with Gasteiger partial charge in [0.2, 0.25) is 0 Å². The Kier molecular flexibility index (Phi) is 6.42. The number of carbonyl (C=O) groups is 2. The maximum absolute atomic E-state index is 12.4. The molecule has 1 unspecified atom stereocenters. The number of hydroxylamine groups is 2. The molecule has 1 fully saturated rings. The lowest BCUT2D eigenvalue weighted by Crippen LogP contribution is -2.51. The van der Waals surface area contributed by atoms with Crippen LogP contribution in [0, 0.1) is 0 Å². The van der Waals surface area contributed by atoms with Crippen LogP contribution in [0.3, 0.4) is 0 Å². The van der Waals surface area contributed by atoms with E-state index in [2.05, 4.69) is 20.9 Å². The van der Waals surface area contributed by atoms with Gasteiger partial charge in [0.25, 0.3) is 0 Å². The van der Waals surface area contributed by atoms with Crippen LogP contribution < -0.4 is 0 Å². The molecular weight excluding hydrogens is 440 g/mol. The number of carbonyl (C=O) groups excluding carboxylic acids is 1. The SMILES string of the molecule is O=C(O)COC1(c2nc(Br)cs2)CCON(C(=O)OCc2ccccc2)C1. The van der Waals surface area contributed by atoms with Crippen molar-refractivity contribution in [1.29, 1.82) is 0 Å². The Hall–Kier alpha value is -2.01. The first-order valence-electron chi connectivity index (χ1n) is 8.07. The van der Waals surface area contributed by atoms with Gasteiger partial charge in [0.05, 0.1) is 13.2 Å². The molecule has 144 valence electrons. The van der Waals surface area contributed by atoms with E-state index in [-0.39, 0.29) is 19.8 Å². The van der Waals surface area contributed by atoms with Gasteiger partial charge in [-0.3, -0.25) is 4.84 Å². The van der Waals surface area contributed by atoms with Crippen LogP contribution in [0.4, 0.5) is 4.79 Å². The Bertz CT molecular complexity index is 802. The fourth-order valence-electron chi connectivity index (χ4n) is 2.60. The average Bonchev–Trinajstić information content (AvgIpc) is 3.12. The Morgan fingerprint density at radius 1 is 1.37 bits per heavy atom. The van der Waals surface area contributed by atoms with Crippen LogP contribution in [0.25, 0.3) is 0 Å². The Morgan fingerprint density at radius 3 is 2.81 bits per heavy atom. The number of hydrogen-bond donors (Lipinski definition) is 1. The number of rotatable bonds is 6. The summed E-state index contributed by atoms with van der Waals surface area (Å²) in [4.78, 5) is 33.2. The van der Waals surface area contributed by atoms with Crippen LogP contribution in [0.2, 0.25) is 0 Å². The number of ether oxygens (including phenoxy) is 2. The third-order valence-corrected chi connectivity index (χ3v) is 5.64. The molecule has 3 rings (SSSR count). The number of aliphatic carboxylic acids is 1. The normalized spacial score (nSPS) is 19.7. The fourth-order valence-corrected chi connectivity index (χ4v) is 4.03. The molecule has 0 spiro atoms. The molecule has 2 aromatic rings. The summed E-state index contributed by atoms with van der Waals surface area (Å²) in [7, 11) is 0. The van der Waals surface area contributed by atoms with Crippen LogP contribution in [0.5, 0.6) is 0 Å². The number of nitrogens with zero attached hydrogens (tertiary/aromatic N) is 2. The Morgan fingerprint density at radius 2 is 2.15 bits per heavy atom. The molecular formula is C17H17BrN2O6S. The molecule has 1 atom stereocenters. The summed E-state index contributed by atoms with van der Waals surface area (Å²) in [5.41, 5.74) is -0.223. The zero-order valence-electron chi connectivity index (χ0n) is 14.2. The van der Waals surface area contributed by atoms with E-state index in [0.717, 1.165) is 10.6 Å². The maximum Gasteiger partial charge on any atom is 0.434 e. The molecule has 10 heteroatoms. The smallest absolute Gasteiger partial charge is 0.434 e. The second-order valence-corrected chi connectivity index (χ2v) is 7.48. The lowest BCUT2D eigenvalue weighted by atomic mass is 9.99. The topological polar surface area (TPSA) is 98.2 Å². The molecule has 1 aliphatic rings. The zero-order valence-corrected chi connectivity index (χ0v) is 16.6. The largest absolute Gasteiger partial charge is 0.480 e. The molecule has 0 bridgehead atoms. The number of benzene rings is 1. The van der Waals surface area contributed by atoms with Gasteiger partial charge in [0.1, 0.15) is 28.4 Å². The number of hydrogen-bond acceptors (Lipinski definition) is 7. The molecule has 1 aromatic carbocycles. The molecule has 0 aliphatic carbocycles. The van der Waals surface area contributed by atoms with Crippen molar-refractivity contribution in [2.45, 2.75) is 18.6 Å². The molecule has 1 saturated heterocycles. The summed E-state index contributed by atoms with van der Waals surface area (Å²) in [6, 6.07) is 9.27. The van der Waals surface area contributed by atoms with Gasteiger partial charge in [-0.2, -0.15) is 5.06 Å². The van der Waals surface area contributed by atoms with Gasteiger partial charge >= 0.3 is 12.1 Å². The monoisotopic (exact) mass is 456 g/mol. The van der Waals surface area contributed by atoms with E-state index < -0.39 is 24.3 Å². The van der Waals surface area contributed by atoms with Gasteiger partial charge in [-0.1, -0.05) is 30.3 Å². The van der Waals surface area contributed by atoms with E-state index in [1.807, 2.05) is 30.3 Å². The molecule has 1 amide bonds. The lowest BCUT2D eigenvalue weighted by molar-refractivity contribution is -0.230. The Balaban J connectivity index is 1.71. The molecule has 1 N–H and O–H groups in total. The van der Waals surface area contributed by atoms with Gasteiger partial charge in [-0.15, -0.1) is 11.3 Å². The minimum Gasteiger partial charge on any atom is -0.480 e. The predicted octanol–water partition coefficient (Wildman–Crippen LogP) is 3.18. The standard InChI is InChI=1S/C17H17BrN2O6S/c18-13-10-27-15(19-13)17(25-9-14(21)22)6-7-26-20(11-17)16(23)24-8-12-4-2-1-3-5-12/h1-5,10H,6-9,11H2,(H,21,22). The predicted molar refractivity (Wildman–Crippen MR) is 99.0 cm³/mol. The highest BCUT2D eigenvalue weighted by molar-refractivity contribution is 9.10. The van der Waals surface area contributed by atoms with Gasteiger partial charge in [-0.25, -0.2) is 14.6 Å². The van der Waals surface area contributed by atoms with Crippen LogP contribution >= 0.6 is 27.3 Å². The van der Waals surface area contributed by atoms with E-state index in [4.69, 9.17) is 19.4 Å². The zero-order chi connectivity index (χ0) is 19.3. The Labute approximate surface area is 167 Å². The number of aromatic nitrogens is 1. The first kappa shape index (κ1) is 19.7. The van der Waals surface area contributed by atoms with Crippen molar-refractivity contribution in [3.63, 3.8) is 0 Å². The highest BCUT2D eigenvalue weighted by Gasteiger charge is 2.44. The van der Waals surface area contributed by atoms with E-state index in [1.165, 1.54) is 11.3 Å². The van der Waals surface area contributed by atoms with E-state index in [1.54, 1.807) is 5.38 Å². The van der Waals surface area contributed by atoms with Crippen molar-refractivity contribution < 1.29 is 29.0 Å². The van der Waals surface area contributed by atoms with Crippen molar-refractivity contribution in [2.24, 2.45) is 0 Å². The quantitative estimate of drug-likeness (QED) is 0.712. The van der Waals surface area contributed by atoms with Crippen LogP contribution in [-0.2, 0) is 31.3 Å². The molecule has 1 aromatic heterocycles. The fraction of sp³-hybridized carbons (Fsp3) is 0.353. The minimum absolute atomic E-state index is 0.0200. The molecule has 2 heterocycles. The van der Waals surface area contributed by atoms with Gasteiger partial charge in [-0.05, 0) is 21.5 Å². The van der Waals surface area contributed by atoms with Gasteiger partial charge in [0.15, 0.2) is 0 Å². The van der Waals surface area contributed by atoms with Crippen molar-refractivity contribution >= 4 is 39.3 Å². The molecule has 1 aliphatic heterocycles. The number of carboxylic acids is 1. The van der Waals surface area contributed by atoms with Crippen LogP contribution in [0.15, 0.2) is 40.3 Å². The summed E-state index contributed by atoms with van der Waals surface area (Å²) in [6.45, 7) is -0.263. The number of carboxylic acid groups (broad SMARTS) is 1. The highest BCUT2D eigenvalue weighted by atomic mass is 79.9. The third kappa shape index (κ3) is 5.04. The van der Waals surface area contributed by atoms with Crippen molar-refractivity contribution in [2.75, 3.05) is 19.8 Å². The summed E-state index contributed by atoms with van der Waals surface area (Å²) >= 11 is 4.61. The summed E-state index contributed by atoms with van der Waals surface area (Å²) < 4.78 is 11.6. The van der Waals surface area contributed by atoms with Crippen LogP contribution in [0.1, 0.15) is 17.0 Å². The summed E-state index contributed by atoms with van der Waals surface area (Å²) in [5.74, 6) is -1.10. The maximum atomic E-state index is 12.4. The number of amides is 1. The molecule has 0 saturated carbocycles. The summed E-state index contributed by atoms with van der Waals surface area (Å²) in [5, 5.41) is 12.4. The van der Waals surface area contributed by atoms with Crippen molar-refractivity contribution in [3.8, 4) is 0 Å². The number of thiazole rings is 1. The van der Waals surface area contributed by atoms with Crippen molar-refractivity contribution in [1.82, 2.24) is 10.0 Å². The molecule has 0 radical (unpaired) electrons. The van der Waals surface area contributed by atoms with E-state index >= 15 is 0 Å². The van der Waals surface area contributed by atoms with Crippen molar-refractivity contribution in [3.05, 3.63) is 50.9 Å². The average molecular weight is 457 g/mol. The first-order valence-corrected chi connectivity index (χ1v) is 9.74. The second-order valence-electron chi connectivity index (χ2n) is 5.81. The first-order chi connectivity index (χ1) is 13.0. The third-order valence-electron chi connectivity index (χ3n) is 3.90. The summed E-state index contributed by atoms with van der Waals surface area (Å²) in [6.07, 6.45) is -0.305. The van der Waals surface area contributed by atoms with Crippen LogP contribution in [-0.4, -0.2) is 47.0 Å². The second kappa shape index (κ2) is 8.79. The van der Waals surface area contributed by atoms with E-state index in [9.17, 15) is 9.59 Å². The highest BCUT2D eigenvalue weighted by Crippen LogP contribution is 2.37. The molecule has 8 nitrogen and oxygen atoms in total. The lowest BCUT2D eigenvalue weighted by Gasteiger charge is -2.39. The molecule has 27 heavy (non-hydrogen) atoms. The van der Waals surface area contributed by atoms with Gasteiger partial charge < -0.3 is 14.6 Å².